The van der Waals surface area contributed by atoms with E-state index in [1.165, 1.54) is 26.1 Å². The molecule has 0 amide bonds. The molecule has 2 heterocycles. The number of aliphatic hydroxyl groups is 1. The summed E-state index contributed by atoms with van der Waals surface area (Å²) in [7, 11) is -4.12. The van der Waals surface area contributed by atoms with Gasteiger partial charge >= 0.3 is 0 Å². The molecule has 1 aliphatic rings. The van der Waals surface area contributed by atoms with Crippen LogP contribution >= 0.6 is 27.5 Å². The van der Waals surface area contributed by atoms with Crippen molar-refractivity contribution in [3.63, 3.8) is 0 Å². The number of halogens is 3. The van der Waals surface area contributed by atoms with Crippen LogP contribution in [0.2, 0.25) is 5.02 Å². The largest absolute Gasteiger partial charge is 0.504 e. The summed E-state index contributed by atoms with van der Waals surface area (Å²) in [6.07, 6.45) is 1.43. The van der Waals surface area contributed by atoms with Gasteiger partial charge in [0.15, 0.2) is 15.6 Å². The predicted molar refractivity (Wildman–Crippen MR) is 94.7 cm³/mol. The smallest absolute Gasteiger partial charge is 0.192 e. The van der Waals surface area contributed by atoms with E-state index < -0.39 is 31.1 Å². The highest BCUT2D eigenvalue weighted by Crippen LogP contribution is 2.49. The number of benzene rings is 1. The molecule has 0 aliphatic carbocycles. The minimum absolute atomic E-state index is 0.0597. The van der Waals surface area contributed by atoms with Crippen molar-refractivity contribution in [1.29, 1.82) is 0 Å². The molecule has 4 nitrogen and oxygen atoms in total. The van der Waals surface area contributed by atoms with Crippen LogP contribution in [0.4, 0.5) is 4.39 Å². The number of nitrogens with zero attached hydrogens (tertiary/aromatic N) is 1. The Labute approximate surface area is 152 Å². The van der Waals surface area contributed by atoms with Crippen LogP contribution in [0.15, 0.2) is 34.9 Å². The molecule has 8 heteroatoms. The van der Waals surface area contributed by atoms with Gasteiger partial charge in [-0.1, -0.05) is 17.7 Å². The topological polar surface area (TPSA) is 67.3 Å². The summed E-state index contributed by atoms with van der Waals surface area (Å²) in [6, 6.07) is 5.52. The molecule has 126 valence electrons. The number of aliphatic hydroxyl groups excluding tert-OH is 1. The van der Waals surface area contributed by atoms with Crippen LogP contribution in [-0.4, -0.2) is 18.5 Å². The lowest BCUT2D eigenvalue weighted by molar-refractivity contribution is 0.500. The molecule has 2 aromatic rings. The van der Waals surface area contributed by atoms with Crippen LogP contribution in [0.3, 0.4) is 0 Å². The summed E-state index contributed by atoms with van der Waals surface area (Å²) in [6.45, 7) is 2.98. The first-order chi connectivity index (χ1) is 11.1. The summed E-state index contributed by atoms with van der Waals surface area (Å²) < 4.78 is 39.4. The number of rotatable bonds is 1. The van der Waals surface area contributed by atoms with Crippen molar-refractivity contribution in [2.75, 3.05) is 0 Å². The quantitative estimate of drug-likeness (QED) is 0.664. The van der Waals surface area contributed by atoms with Gasteiger partial charge in [-0.25, -0.2) is 12.8 Å². The Bertz CT molecular complexity index is 1000. The van der Waals surface area contributed by atoms with E-state index in [1.54, 1.807) is 12.1 Å². The Morgan fingerprint density at radius 2 is 1.96 bits per heavy atom. The van der Waals surface area contributed by atoms with Crippen molar-refractivity contribution < 1.29 is 17.9 Å². The Morgan fingerprint density at radius 1 is 1.29 bits per heavy atom. The minimum Gasteiger partial charge on any atom is -0.504 e. The number of hydrogen-bond acceptors (Lipinski definition) is 4. The molecule has 24 heavy (non-hydrogen) atoms. The van der Waals surface area contributed by atoms with Gasteiger partial charge in [0.05, 0.1) is 9.77 Å². The number of pyridine rings is 1. The summed E-state index contributed by atoms with van der Waals surface area (Å²) in [5.74, 6) is -1.40. The van der Waals surface area contributed by atoms with Crippen LogP contribution < -0.4 is 0 Å². The zero-order valence-electron chi connectivity index (χ0n) is 12.6. The van der Waals surface area contributed by atoms with Gasteiger partial charge in [0.25, 0.3) is 0 Å². The summed E-state index contributed by atoms with van der Waals surface area (Å²) in [4.78, 5) is 3.55. The number of fused-ring (bicyclic) bond motifs is 1. The van der Waals surface area contributed by atoms with E-state index in [1.807, 2.05) is 0 Å². The van der Waals surface area contributed by atoms with Gasteiger partial charge in [0, 0.05) is 21.8 Å². The Balaban J connectivity index is 2.51. The molecular formula is C16H12BrClFNO3S. The van der Waals surface area contributed by atoms with Gasteiger partial charge in [-0.3, -0.25) is 4.98 Å². The maximum absolute atomic E-state index is 14.4. The maximum Gasteiger partial charge on any atom is 0.192 e. The standard InChI is InChI=1S/C16H12BrClFNO3S/c1-16(2)8-4-3-7-20-13(8)14(21)15(24(16,22)23)11-10(19)6-5-9(18)12(11)17/h3-7,21H,1-2H3. The Kier molecular flexibility index (Phi) is 4.01. The molecule has 0 spiro atoms. The van der Waals surface area contributed by atoms with Crippen LogP contribution in [0.1, 0.15) is 30.7 Å². The first-order valence-electron chi connectivity index (χ1n) is 6.88. The average molecular weight is 433 g/mol. The Morgan fingerprint density at radius 3 is 2.62 bits per heavy atom. The number of hydrogen-bond donors (Lipinski definition) is 1. The zero-order valence-corrected chi connectivity index (χ0v) is 15.8. The molecule has 0 unspecified atom stereocenters. The summed E-state index contributed by atoms with van der Waals surface area (Å²) in [5.41, 5.74) is 0.160. The molecule has 0 bridgehead atoms. The van der Waals surface area contributed by atoms with Crippen molar-refractivity contribution in [3.05, 3.63) is 62.6 Å². The first kappa shape index (κ1) is 17.4. The van der Waals surface area contributed by atoms with Gasteiger partial charge in [-0.15, -0.1) is 0 Å². The average Bonchev–Trinajstić information content (AvgIpc) is 2.53. The van der Waals surface area contributed by atoms with Crippen molar-refractivity contribution in [3.8, 4) is 0 Å². The van der Waals surface area contributed by atoms with Gasteiger partial charge in [-0.2, -0.15) is 0 Å². The molecule has 1 aliphatic heterocycles. The molecule has 0 atom stereocenters. The molecule has 0 radical (unpaired) electrons. The van der Waals surface area contributed by atoms with E-state index in [0.29, 0.717) is 5.56 Å². The third-order valence-electron chi connectivity index (χ3n) is 4.11. The fourth-order valence-electron chi connectivity index (χ4n) is 2.70. The van der Waals surface area contributed by atoms with E-state index in [-0.39, 0.29) is 20.8 Å². The highest BCUT2D eigenvalue weighted by Gasteiger charge is 2.48. The van der Waals surface area contributed by atoms with E-state index in [2.05, 4.69) is 20.9 Å². The fraction of sp³-hybridized carbons (Fsp3) is 0.188. The Hall–Kier alpha value is -1.44. The number of aromatic nitrogens is 1. The third kappa shape index (κ3) is 2.22. The van der Waals surface area contributed by atoms with E-state index in [9.17, 15) is 17.9 Å². The van der Waals surface area contributed by atoms with E-state index >= 15 is 0 Å². The van der Waals surface area contributed by atoms with Crippen LogP contribution in [0, 0.1) is 5.82 Å². The van der Waals surface area contributed by atoms with Crippen molar-refractivity contribution >= 4 is 48.0 Å². The van der Waals surface area contributed by atoms with Crippen molar-refractivity contribution in [1.82, 2.24) is 4.98 Å². The summed E-state index contributed by atoms with van der Waals surface area (Å²) >= 11 is 9.11. The molecule has 0 fully saturated rings. The second-order valence-electron chi connectivity index (χ2n) is 5.81. The number of sulfone groups is 1. The van der Waals surface area contributed by atoms with Crippen LogP contribution in [-0.2, 0) is 14.6 Å². The lowest BCUT2D eigenvalue weighted by Gasteiger charge is -2.33. The zero-order chi connectivity index (χ0) is 17.9. The van der Waals surface area contributed by atoms with Crippen molar-refractivity contribution in [2.24, 2.45) is 0 Å². The third-order valence-corrected chi connectivity index (χ3v) is 7.97. The molecule has 0 saturated carbocycles. The predicted octanol–water partition coefficient (Wildman–Crippen LogP) is 4.68. The molecule has 0 saturated heterocycles. The first-order valence-corrected chi connectivity index (χ1v) is 9.53. The van der Waals surface area contributed by atoms with E-state index in [0.717, 1.165) is 6.07 Å². The van der Waals surface area contributed by atoms with Gasteiger partial charge in [-0.05, 0) is 48.0 Å². The van der Waals surface area contributed by atoms with Crippen molar-refractivity contribution in [2.45, 2.75) is 18.6 Å². The van der Waals surface area contributed by atoms with Gasteiger partial charge < -0.3 is 5.11 Å². The normalized spacial score (nSPS) is 18.4. The van der Waals surface area contributed by atoms with E-state index in [4.69, 9.17) is 11.6 Å². The monoisotopic (exact) mass is 431 g/mol. The van der Waals surface area contributed by atoms with Crippen LogP contribution in [0.25, 0.3) is 10.7 Å². The van der Waals surface area contributed by atoms with Crippen LogP contribution in [0.5, 0.6) is 0 Å². The second kappa shape index (κ2) is 5.54. The molecule has 1 aromatic carbocycles. The second-order valence-corrected chi connectivity index (χ2v) is 9.45. The summed E-state index contributed by atoms with van der Waals surface area (Å²) in [5, 5.41) is 10.7. The van der Waals surface area contributed by atoms with Gasteiger partial charge in [0.2, 0.25) is 0 Å². The highest BCUT2D eigenvalue weighted by atomic mass is 79.9. The molecule has 1 N–H and O–H groups in total. The molecule has 1 aromatic heterocycles. The SMILES string of the molecule is CC1(C)c2cccnc2C(O)=C(c2c(F)ccc(Cl)c2Br)S1(=O)=O. The fourth-order valence-corrected chi connectivity index (χ4v) is 5.30. The highest BCUT2D eigenvalue weighted by molar-refractivity contribution is 9.10. The lowest BCUT2D eigenvalue weighted by Crippen LogP contribution is -2.35. The lowest BCUT2D eigenvalue weighted by atomic mass is 9.98. The molecular weight excluding hydrogens is 421 g/mol. The minimum atomic E-state index is -4.12. The molecule has 3 rings (SSSR count). The maximum atomic E-state index is 14.4. The van der Waals surface area contributed by atoms with Gasteiger partial charge in [0.1, 0.15) is 16.4 Å².